The zero-order valence-electron chi connectivity index (χ0n) is 9.73. The van der Waals surface area contributed by atoms with Crippen LogP contribution in [0, 0.1) is 13.8 Å². The molecule has 0 radical (unpaired) electrons. The first kappa shape index (κ1) is 12.9. The number of carboxylic acid groups (broad SMARTS) is 1. The third-order valence-electron chi connectivity index (χ3n) is 2.39. The molecule has 2 rings (SSSR count). The van der Waals surface area contributed by atoms with Gasteiger partial charge in [0.15, 0.2) is 0 Å². The van der Waals surface area contributed by atoms with Gasteiger partial charge in [-0.2, -0.15) is 0 Å². The third-order valence-corrected chi connectivity index (χ3v) is 3.63. The van der Waals surface area contributed by atoms with Crippen molar-refractivity contribution in [2.24, 2.45) is 0 Å². The molecule has 2 aromatic rings. The molecule has 0 aliphatic carbocycles. The minimum Gasteiger partial charge on any atom is -0.478 e. The molecule has 18 heavy (non-hydrogen) atoms. The maximum Gasteiger partial charge on any atom is 0.335 e. The molecular weight excluding hydrogens is 274 g/mol. The lowest BCUT2D eigenvalue weighted by molar-refractivity contribution is 0.0697. The predicted molar refractivity (Wildman–Crippen MR) is 70.1 cm³/mol. The fourth-order valence-electron chi connectivity index (χ4n) is 1.30. The van der Waals surface area contributed by atoms with Gasteiger partial charge in [-0.05, 0) is 32.0 Å². The molecule has 6 heteroatoms. The van der Waals surface area contributed by atoms with Crippen LogP contribution in [0.1, 0.15) is 20.9 Å². The van der Waals surface area contributed by atoms with Crippen LogP contribution in [0.25, 0.3) is 0 Å². The lowest BCUT2D eigenvalue weighted by Gasteiger charge is -2.04. The molecule has 4 nitrogen and oxygen atoms in total. The molecule has 94 valence electrons. The van der Waals surface area contributed by atoms with E-state index in [-0.39, 0.29) is 10.6 Å². The Kier molecular flexibility index (Phi) is 3.54. The van der Waals surface area contributed by atoms with Crippen molar-refractivity contribution >= 4 is 28.9 Å². The number of halogens is 1. The standard InChI is InChI=1S/C12H10ClNO3S/c1-6-7(2)18-12(14-6)17-10-4-3-8(11(15)16)5-9(10)13/h3-5H,1-2H3,(H,15,16). The van der Waals surface area contributed by atoms with Crippen LogP contribution in [0.2, 0.25) is 5.02 Å². The molecule has 1 heterocycles. The summed E-state index contributed by atoms with van der Waals surface area (Å²) in [4.78, 5) is 16.1. The number of thiazole rings is 1. The SMILES string of the molecule is Cc1nc(Oc2ccc(C(=O)O)cc2Cl)sc1C. The second kappa shape index (κ2) is 4.96. The second-order valence-corrected chi connectivity index (χ2v) is 5.25. The average Bonchev–Trinajstić information content (AvgIpc) is 2.61. The lowest BCUT2D eigenvalue weighted by Crippen LogP contribution is -1.96. The van der Waals surface area contributed by atoms with Gasteiger partial charge in [0.25, 0.3) is 5.19 Å². The van der Waals surface area contributed by atoms with Crippen molar-refractivity contribution in [3.05, 3.63) is 39.4 Å². The molecule has 1 aromatic carbocycles. The van der Waals surface area contributed by atoms with E-state index in [4.69, 9.17) is 21.4 Å². The molecule has 1 N–H and O–H groups in total. The highest BCUT2D eigenvalue weighted by atomic mass is 35.5. The molecule has 0 atom stereocenters. The summed E-state index contributed by atoms with van der Waals surface area (Å²) >= 11 is 7.38. The first-order valence-corrected chi connectivity index (χ1v) is 6.31. The number of aromatic nitrogens is 1. The monoisotopic (exact) mass is 283 g/mol. The quantitative estimate of drug-likeness (QED) is 0.928. The van der Waals surface area contributed by atoms with Crippen LogP contribution in [0.15, 0.2) is 18.2 Å². The van der Waals surface area contributed by atoms with Gasteiger partial charge >= 0.3 is 5.97 Å². The fraction of sp³-hybridized carbons (Fsp3) is 0.167. The van der Waals surface area contributed by atoms with Crippen LogP contribution >= 0.6 is 22.9 Å². The van der Waals surface area contributed by atoms with Crippen LogP contribution in [-0.4, -0.2) is 16.1 Å². The van der Waals surface area contributed by atoms with Gasteiger partial charge in [-0.3, -0.25) is 0 Å². The van der Waals surface area contributed by atoms with Gasteiger partial charge in [0, 0.05) is 4.88 Å². The number of aryl methyl sites for hydroxylation is 2. The molecule has 0 amide bonds. The van der Waals surface area contributed by atoms with Gasteiger partial charge in [-0.1, -0.05) is 22.9 Å². The van der Waals surface area contributed by atoms with Gasteiger partial charge in [-0.25, -0.2) is 9.78 Å². The Hall–Kier alpha value is -1.59. The zero-order valence-corrected chi connectivity index (χ0v) is 11.3. The highest BCUT2D eigenvalue weighted by Gasteiger charge is 2.11. The summed E-state index contributed by atoms with van der Waals surface area (Å²) in [6, 6.07) is 4.32. The first-order chi connectivity index (χ1) is 8.47. The largest absolute Gasteiger partial charge is 0.478 e. The highest BCUT2D eigenvalue weighted by molar-refractivity contribution is 7.13. The van der Waals surface area contributed by atoms with Crippen LogP contribution in [0.3, 0.4) is 0 Å². The number of rotatable bonds is 3. The van der Waals surface area contributed by atoms with E-state index in [9.17, 15) is 4.79 Å². The van der Waals surface area contributed by atoms with Gasteiger partial charge < -0.3 is 9.84 Å². The summed E-state index contributed by atoms with van der Waals surface area (Å²) in [6.45, 7) is 3.85. The fourth-order valence-corrected chi connectivity index (χ4v) is 2.29. The summed E-state index contributed by atoms with van der Waals surface area (Å²) in [5, 5.41) is 9.57. The average molecular weight is 284 g/mol. The predicted octanol–water partition coefficient (Wildman–Crippen LogP) is 3.90. The number of hydrogen-bond donors (Lipinski definition) is 1. The summed E-state index contributed by atoms with van der Waals surface area (Å²) in [5.41, 5.74) is 1.03. The molecule has 0 unspecified atom stereocenters. The Morgan fingerprint density at radius 3 is 2.67 bits per heavy atom. The van der Waals surface area contributed by atoms with Crippen molar-refractivity contribution in [2.75, 3.05) is 0 Å². The number of hydrogen-bond acceptors (Lipinski definition) is 4. The molecule has 0 fully saturated rings. The van der Waals surface area contributed by atoms with E-state index in [1.165, 1.54) is 29.5 Å². The van der Waals surface area contributed by atoms with Crippen LogP contribution in [-0.2, 0) is 0 Å². The van der Waals surface area contributed by atoms with Gasteiger partial charge in [0.2, 0.25) is 0 Å². The van der Waals surface area contributed by atoms with E-state index >= 15 is 0 Å². The van der Waals surface area contributed by atoms with Crippen LogP contribution in [0.5, 0.6) is 10.9 Å². The van der Waals surface area contributed by atoms with Crippen molar-refractivity contribution in [3.8, 4) is 10.9 Å². The summed E-state index contributed by atoms with van der Waals surface area (Å²) in [7, 11) is 0. The second-order valence-electron chi connectivity index (χ2n) is 3.67. The Balaban J connectivity index is 2.27. The Labute approximate surface area is 113 Å². The topological polar surface area (TPSA) is 59.4 Å². The number of ether oxygens (including phenoxy) is 1. The molecule has 0 aliphatic rings. The summed E-state index contributed by atoms with van der Waals surface area (Å²) < 4.78 is 5.53. The van der Waals surface area contributed by atoms with E-state index in [2.05, 4.69) is 4.98 Å². The maximum absolute atomic E-state index is 10.8. The molecule has 0 aliphatic heterocycles. The van der Waals surface area contributed by atoms with Gasteiger partial charge in [0.1, 0.15) is 5.75 Å². The maximum atomic E-state index is 10.8. The van der Waals surface area contributed by atoms with Crippen LogP contribution < -0.4 is 4.74 Å². The van der Waals surface area contributed by atoms with E-state index in [1.807, 2.05) is 13.8 Å². The number of carboxylic acids is 1. The van der Waals surface area contributed by atoms with Crippen molar-refractivity contribution < 1.29 is 14.6 Å². The summed E-state index contributed by atoms with van der Waals surface area (Å²) in [5.74, 6) is -0.625. The summed E-state index contributed by atoms with van der Waals surface area (Å²) in [6.07, 6.45) is 0. The smallest absolute Gasteiger partial charge is 0.335 e. The van der Waals surface area contributed by atoms with E-state index in [1.54, 1.807) is 0 Å². The van der Waals surface area contributed by atoms with E-state index in [0.29, 0.717) is 10.9 Å². The van der Waals surface area contributed by atoms with Crippen LogP contribution in [0.4, 0.5) is 0 Å². The van der Waals surface area contributed by atoms with Gasteiger partial charge in [0.05, 0.1) is 16.3 Å². The Bertz CT molecular complexity index is 590. The number of aromatic carboxylic acids is 1. The molecule has 0 saturated carbocycles. The Morgan fingerprint density at radius 1 is 1.44 bits per heavy atom. The van der Waals surface area contributed by atoms with E-state index < -0.39 is 5.97 Å². The minimum absolute atomic E-state index is 0.124. The lowest BCUT2D eigenvalue weighted by atomic mass is 10.2. The minimum atomic E-state index is -1.02. The molecule has 0 saturated heterocycles. The normalized spacial score (nSPS) is 10.4. The molecular formula is C12H10ClNO3S. The van der Waals surface area contributed by atoms with Crippen molar-refractivity contribution in [1.29, 1.82) is 0 Å². The molecule has 0 spiro atoms. The highest BCUT2D eigenvalue weighted by Crippen LogP contribution is 2.33. The Morgan fingerprint density at radius 2 is 2.17 bits per heavy atom. The molecule has 0 bridgehead atoms. The first-order valence-electron chi connectivity index (χ1n) is 5.12. The van der Waals surface area contributed by atoms with Gasteiger partial charge in [-0.15, -0.1) is 0 Å². The number of benzene rings is 1. The molecule has 1 aromatic heterocycles. The number of nitrogens with zero attached hydrogens (tertiary/aromatic N) is 1. The third kappa shape index (κ3) is 2.63. The van der Waals surface area contributed by atoms with Crippen molar-refractivity contribution in [3.63, 3.8) is 0 Å². The zero-order chi connectivity index (χ0) is 13.3. The number of carbonyl (C=O) groups is 1. The van der Waals surface area contributed by atoms with Crippen molar-refractivity contribution in [1.82, 2.24) is 4.98 Å². The van der Waals surface area contributed by atoms with E-state index in [0.717, 1.165) is 10.6 Å². The van der Waals surface area contributed by atoms with Crippen molar-refractivity contribution in [2.45, 2.75) is 13.8 Å².